The minimum atomic E-state index is -1.36. The number of ketones is 1. The molecule has 1 aromatic carbocycles. The first kappa shape index (κ1) is 22.7. The topological polar surface area (TPSA) is 83.2 Å². The van der Waals surface area contributed by atoms with Crippen molar-refractivity contribution in [2.24, 2.45) is 15.0 Å². The third kappa shape index (κ3) is 8.25. The van der Waals surface area contributed by atoms with Crippen molar-refractivity contribution in [2.45, 2.75) is 33.4 Å². The molecule has 0 aliphatic carbocycles. The molecule has 0 radical (unpaired) electrons. The summed E-state index contributed by atoms with van der Waals surface area (Å²) in [7, 11) is 1.64. The number of halogens is 1. The van der Waals surface area contributed by atoms with Crippen LogP contribution in [-0.2, 0) is 4.79 Å². The van der Waals surface area contributed by atoms with Crippen molar-refractivity contribution in [2.75, 3.05) is 19.3 Å². The lowest BCUT2D eigenvalue weighted by Crippen LogP contribution is -2.24. The average Bonchev–Trinajstić information content (AvgIpc) is 2.68. The van der Waals surface area contributed by atoms with Crippen molar-refractivity contribution in [1.82, 2.24) is 5.32 Å². The lowest BCUT2D eigenvalue weighted by Gasteiger charge is -2.10. The summed E-state index contributed by atoms with van der Waals surface area (Å²) in [4.78, 5) is 35.0. The van der Waals surface area contributed by atoms with E-state index in [-0.39, 0.29) is 18.1 Å². The molecule has 1 unspecified atom stereocenters. The number of carbonyl (C=O) groups excluding carboxylic acids is 2. The SMILES string of the molecule is CC=NC(=NC)c1ccc(C(F)CNC(=O)/N=C(/C)SCC(=O)CC)cc1. The second-order valence-corrected chi connectivity index (χ2v) is 6.69. The Morgan fingerprint density at radius 1 is 1.30 bits per heavy atom. The maximum atomic E-state index is 14.3. The molecule has 0 saturated carbocycles. The number of rotatable bonds is 7. The van der Waals surface area contributed by atoms with Crippen molar-refractivity contribution in [1.29, 1.82) is 0 Å². The molecular weight excluding hydrogens is 367 g/mol. The van der Waals surface area contributed by atoms with Gasteiger partial charge in [0, 0.05) is 25.2 Å². The number of Topliss-reactive ketones (excluding diaryl/α,β-unsaturated/α-hetero) is 1. The van der Waals surface area contributed by atoms with Crippen molar-refractivity contribution >= 4 is 40.7 Å². The van der Waals surface area contributed by atoms with E-state index in [2.05, 4.69) is 20.3 Å². The maximum absolute atomic E-state index is 14.3. The molecule has 0 aromatic heterocycles. The number of urea groups is 1. The number of alkyl halides is 1. The number of nitrogens with zero attached hydrogens (tertiary/aromatic N) is 3. The first-order valence-corrected chi connectivity index (χ1v) is 9.57. The Bertz CT molecular complexity index is 730. The van der Waals surface area contributed by atoms with Gasteiger partial charge in [-0.05, 0) is 19.4 Å². The van der Waals surface area contributed by atoms with E-state index in [1.54, 1.807) is 58.3 Å². The van der Waals surface area contributed by atoms with Gasteiger partial charge in [-0.2, -0.15) is 4.99 Å². The molecule has 146 valence electrons. The summed E-state index contributed by atoms with van der Waals surface area (Å²) in [6.07, 6.45) is 0.734. The van der Waals surface area contributed by atoms with Crippen LogP contribution >= 0.6 is 11.8 Å². The van der Waals surface area contributed by atoms with E-state index in [1.807, 2.05) is 0 Å². The van der Waals surface area contributed by atoms with Gasteiger partial charge in [0.05, 0.1) is 17.3 Å². The van der Waals surface area contributed by atoms with E-state index in [0.717, 1.165) is 5.56 Å². The van der Waals surface area contributed by atoms with Gasteiger partial charge in [-0.1, -0.05) is 31.2 Å². The summed E-state index contributed by atoms with van der Waals surface area (Å²) in [6.45, 7) is 5.03. The number of carbonyl (C=O) groups is 2. The van der Waals surface area contributed by atoms with Gasteiger partial charge in [0.2, 0.25) is 0 Å². The molecule has 0 bridgehead atoms. The first-order valence-electron chi connectivity index (χ1n) is 8.58. The summed E-state index contributed by atoms with van der Waals surface area (Å²) >= 11 is 1.20. The Balaban J connectivity index is 2.57. The van der Waals surface area contributed by atoms with Crippen LogP contribution in [0.15, 0.2) is 39.2 Å². The Kier molecular flexibility index (Phi) is 10.2. The number of thioether (sulfide) groups is 1. The van der Waals surface area contributed by atoms with Crippen molar-refractivity contribution in [3.05, 3.63) is 35.4 Å². The summed E-state index contributed by atoms with van der Waals surface area (Å²) in [5.41, 5.74) is 1.23. The monoisotopic (exact) mass is 392 g/mol. The van der Waals surface area contributed by atoms with Gasteiger partial charge in [0.15, 0.2) is 5.84 Å². The number of amidine groups is 1. The van der Waals surface area contributed by atoms with Crippen LogP contribution in [-0.4, -0.2) is 48.3 Å². The molecule has 1 rings (SSSR count). The molecule has 0 spiro atoms. The summed E-state index contributed by atoms with van der Waals surface area (Å²) < 4.78 is 14.3. The highest BCUT2D eigenvalue weighted by Crippen LogP contribution is 2.18. The Hall–Kier alpha value is -2.35. The van der Waals surface area contributed by atoms with Gasteiger partial charge in [0.25, 0.3) is 0 Å². The molecule has 1 aromatic rings. The molecule has 2 amide bonds. The minimum absolute atomic E-state index is 0.0862. The quantitative estimate of drug-likeness (QED) is 0.562. The van der Waals surface area contributed by atoms with Gasteiger partial charge in [0.1, 0.15) is 12.0 Å². The number of hydrogen-bond acceptors (Lipinski definition) is 4. The van der Waals surface area contributed by atoms with E-state index in [0.29, 0.717) is 22.9 Å². The number of hydrogen-bond donors (Lipinski definition) is 1. The van der Waals surface area contributed by atoms with Gasteiger partial charge >= 0.3 is 6.03 Å². The molecule has 0 aliphatic heterocycles. The summed E-state index contributed by atoms with van der Waals surface area (Å²) in [5.74, 6) is 0.933. The van der Waals surface area contributed by atoms with Crippen LogP contribution in [0.4, 0.5) is 9.18 Å². The van der Waals surface area contributed by atoms with Crippen LogP contribution < -0.4 is 5.32 Å². The molecule has 0 aliphatic rings. The van der Waals surface area contributed by atoms with E-state index in [4.69, 9.17) is 0 Å². The number of aliphatic imine (C=N–C) groups is 3. The van der Waals surface area contributed by atoms with Crippen LogP contribution in [0, 0.1) is 0 Å². The van der Waals surface area contributed by atoms with Crippen LogP contribution in [0.3, 0.4) is 0 Å². The fourth-order valence-corrected chi connectivity index (χ4v) is 2.74. The van der Waals surface area contributed by atoms with Crippen LogP contribution in [0.2, 0.25) is 0 Å². The third-order valence-corrected chi connectivity index (χ3v) is 4.50. The third-order valence-electron chi connectivity index (χ3n) is 3.52. The van der Waals surface area contributed by atoms with Crippen molar-refractivity contribution < 1.29 is 14.0 Å². The normalized spacial score (nSPS) is 13.7. The number of amides is 2. The van der Waals surface area contributed by atoms with E-state index >= 15 is 0 Å². The molecule has 0 heterocycles. The average molecular weight is 393 g/mol. The molecule has 0 fully saturated rings. The van der Waals surface area contributed by atoms with Crippen LogP contribution in [0.25, 0.3) is 0 Å². The summed E-state index contributed by atoms with van der Waals surface area (Å²) in [6, 6.07) is 6.14. The highest BCUT2D eigenvalue weighted by atomic mass is 32.2. The number of nitrogens with one attached hydrogen (secondary N) is 1. The van der Waals surface area contributed by atoms with Crippen molar-refractivity contribution in [3.63, 3.8) is 0 Å². The predicted octanol–water partition coefficient (Wildman–Crippen LogP) is 4.00. The molecule has 0 saturated heterocycles. The smallest absolute Gasteiger partial charge is 0.333 e. The highest BCUT2D eigenvalue weighted by molar-refractivity contribution is 8.14. The first-order chi connectivity index (χ1) is 12.9. The molecule has 6 nitrogen and oxygen atoms in total. The van der Waals surface area contributed by atoms with Crippen LogP contribution in [0.5, 0.6) is 0 Å². The molecular formula is C19H25FN4O2S. The fourth-order valence-electron chi connectivity index (χ4n) is 2.02. The predicted molar refractivity (Wildman–Crippen MR) is 111 cm³/mol. The summed E-state index contributed by atoms with van der Waals surface area (Å²) in [5, 5.41) is 2.90. The molecule has 8 heteroatoms. The van der Waals surface area contributed by atoms with Gasteiger partial charge < -0.3 is 5.32 Å². The van der Waals surface area contributed by atoms with Gasteiger partial charge in [-0.15, -0.1) is 11.8 Å². The molecule has 1 N–H and O–H groups in total. The van der Waals surface area contributed by atoms with E-state index < -0.39 is 12.2 Å². The zero-order valence-corrected chi connectivity index (χ0v) is 16.8. The maximum Gasteiger partial charge on any atom is 0.341 e. The van der Waals surface area contributed by atoms with Gasteiger partial charge in [-0.3, -0.25) is 9.79 Å². The Morgan fingerprint density at radius 2 is 1.96 bits per heavy atom. The highest BCUT2D eigenvalue weighted by Gasteiger charge is 2.12. The van der Waals surface area contributed by atoms with Gasteiger partial charge in [-0.25, -0.2) is 14.2 Å². The zero-order valence-electron chi connectivity index (χ0n) is 16.0. The Labute approximate surface area is 163 Å². The fraction of sp³-hybridized carbons (Fsp3) is 0.421. The Morgan fingerprint density at radius 3 is 2.52 bits per heavy atom. The van der Waals surface area contributed by atoms with E-state index in [9.17, 15) is 14.0 Å². The lowest BCUT2D eigenvalue weighted by atomic mass is 10.1. The minimum Gasteiger partial charge on any atom is -0.333 e. The van der Waals surface area contributed by atoms with E-state index in [1.165, 1.54) is 11.8 Å². The second-order valence-electron chi connectivity index (χ2n) is 5.52. The molecule has 27 heavy (non-hydrogen) atoms. The second kappa shape index (κ2) is 12.1. The zero-order chi connectivity index (χ0) is 20.2. The largest absolute Gasteiger partial charge is 0.341 e. The standard InChI is InChI=1S/C19H25FN4O2S/c1-5-16(25)12-27-13(3)24-19(26)23-11-17(20)14-7-9-15(10-8-14)18(21-4)22-6-2/h6-10,17H,5,11-12H2,1-4H3,(H,23,26)/b21-18?,22-6?,24-13-. The van der Waals surface area contributed by atoms with Crippen LogP contribution in [0.1, 0.15) is 44.5 Å². The van der Waals surface area contributed by atoms with Crippen molar-refractivity contribution in [3.8, 4) is 0 Å². The number of benzene rings is 1. The molecule has 1 atom stereocenters. The lowest BCUT2D eigenvalue weighted by molar-refractivity contribution is -0.116.